The number of hydrogen-bond donors (Lipinski definition) is 0. The molecule has 0 amide bonds. The molecule has 5 rings (SSSR count). The number of aryl methyl sites for hydroxylation is 1. The maximum Gasteiger partial charge on any atom is 0.259 e. The molecule has 0 spiro atoms. The molecule has 2 aromatic rings. The Kier molecular flexibility index (Phi) is 2.33. The summed E-state index contributed by atoms with van der Waals surface area (Å²) in [6.07, 6.45) is 5.43. The standard InChI is InChI=1S/C17H19NO2/c1-3-20-15-10-18(17-7-12(8-17)9-17)16(19)14-6-11(2)4-5-13(14)15/h4-6,10,12H,3,7-9H2,1-2H3. The molecule has 2 bridgehead atoms. The van der Waals surface area contributed by atoms with Crippen LogP contribution in [-0.2, 0) is 5.54 Å². The molecule has 0 saturated heterocycles. The summed E-state index contributed by atoms with van der Waals surface area (Å²) in [6, 6.07) is 6.03. The molecule has 3 heteroatoms. The van der Waals surface area contributed by atoms with Gasteiger partial charge < -0.3 is 9.30 Å². The first-order valence-electron chi connectivity index (χ1n) is 7.42. The third-order valence-corrected chi connectivity index (χ3v) is 4.95. The lowest BCUT2D eigenvalue weighted by Crippen LogP contribution is -2.61. The lowest BCUT2D eigenvalue weighted by atomic mass is 9.49. The van der Waals surface area contributed by atoms with E-state index in [9.17, 15) is 4.79 Å². The molecule has 3 aliphatic rings. The Labute approximate surface area is 118 Å². The molecule has 1 heterocycles. The molecule has 3 aliphatic carbocycles. The van der Waals surface area contributed by atoms with Crippen molar-refractivity contribution in [1.82, 2.24) is 4.57 Å². The lowest BCUT2D eigenvalue weighted by molar-refractivity contribution is -0.0913. The first-order valence-corrected chi connectivity index (χ1v) is 7.42. The molecule has 1 aromatic heterocycles. The second-order valence-corrected chi connectivity index (χ2v) is 6.35. The third-order valence-electron chi connectivity index (χ3n) is 4.95. The molecule has 0 radical (unpaired) electrons. The number of ether oxygens (including phenoxy) is 1. The van der Waals surface area contributed by atoms with E-state index in [1.54, 1.807) is 0 Å². The van der Waals surface area contributed by atoms with Gasteiger partial charge in [0.05, 0.1) is 18.2 Å². The van der Waals surface area contributed by atoms with Gasteiger partial charge in [-0.15, -0.1) is 0 Å². The average molecular weight is 269 g/mol. The summed E-state index contributed by atoms with van der Waals surface area (Å²) in [5.74, 6) is 1.69. The van der Waals surface area contributed by atoms with Crippen LogP contribution in [0.3, 0.4) is 0 Å². The van der Waals surface area contributed by atoms with Gasteiger partial charge in [0.25, 0.3) is 5.56 Å². The van der Waals surface area contributed by atoms with Gasteiger partial charge in [-0.25, -0.2) is 0 Å². The van der Waals surface area contributed by atoms with Gasteiger partial charge in [-0.1, -0.05) is 17.7 Å². The number of nitrogens with zero attached hydrogens (tertiary/aromatic N) is 1. The summed E-state index contributed by atoms with van der Waals surface area (Å²) in [5, 5.41) is 1.73. The Hall–Kier alpha value is -1.77. The van der Waals surface area contributed by atoms with E-state index in [0.29, 0.717) is 6.61 Å². The number of hydrogen-bond acceptors (Lipinski definition) is 2. The van der Waals surface area contributed by atoms with Crippen molar-refractivity contribution in [3.05, 3.63) is 40.3 Å². The maximum absolute atomic E-state index is 12.8. The second-order valence-electron chi connectivity index (χ2n) is 6.35. The number of pyridine rings is 1. The Bertz CT molecular complexity index is 742. The quantitative estimate of drug-likeness (QED) is 0.856. The van der Waals surface area contributed by atoms with Gasteiger partial charge in [-0.05, 0) is 45.1 Å². The van der Waals surface area contributed by atoms with Crippen molar-refractivity contribution >= 4 is 10.8 Å². The molecular weight excluding hydrogens is 250 g/mol. The summed E-state index contributed by atoms with van der Waals surface area (Å²) < 4.78 is 7.73. The van der Waals surface area contributed by atoms with E-state index >= 15 is 0 Å². The second kappa shape index (κ2) is 3.87. The van der Waals surface area contributed by atoms with Gasteiger partial charge in [0.2, 0.25) is 0 Å². The van der Waals surface area contributed by atoms with Crippen LogP contribution in [0.5, 0.6) is 5.75 Å². The minimum absolute atomic E-state index is 0.103. The van der Waals surface area contributed by atoms with Crippen LogP contribution in [0.1, 0.15) is 31.7 Å². The van der Waals surface area contributed by atoms with E-state index in [0.717, 1.165) is 47.3 Å². The van der Waals surface area contributed by atoms with Gasteiger partial charge >= 0.3 is 0 Å². The Balaban J connectivity index is 2.00. The van der Waals surface area contributed by atoms with Crippen LogP contribution in [0.4, 0.5) is 0 Å². The van der Waals surface area contributed by atoms with Crippen LogP contribution in [0, 0.1) is 12.8 Å². The van der Waals surface area contributed by atoms with Crippen LogP contribution in [-0.4, -0.2) is 11.2 Å². The van der Waals surface area contributed by atoms with E-state index < -0.39 is 0 Å². The van der Waals surface area contributed by atoms with Crippen LogP contribution < -0.4 is 10.3 Å². The fourth-order valence-electron chi connectivity index (χ4n) is 3.78. The van der Waals surface area contributed by atoms with E-state index in [4.69, 9.17) is 4.74 Å². The van der Waals surface area contributed by atoms with E-state index in [1.807, 2.05) is 42.8 Å². The summed E-state index contributed by atoms with van der Waals surface area (Å²) in [7, 11) is 0. The fourth-order valence-corrected chi connectivity index (χ4v) is 3.78. The number of fused-ring (bicyclic) bond motifs is 1. The first-order chi connectivity index (χ1) is 9.63. The summed E-state index contributed by atoms with van der Waals surface area (Å²) in [5.41, 5.74) is 1.36. The Morgan fingerprint density at radius 3 is 2.65 bits per heavy atom. The number of benzene rings is 1. The molecule has 0 aliphatic heterocycles. The van der Waals surface area contributed by atoms with Crippen LogP contribution in [0.25, 0.3) is 10.8 Å². The molecule has 0 N–H and O–H groups in total. The topological polar surface area (TPSA) is 31.2 Å². The van der Waals surface area contributed by atoms with Crippen molar-refractivity contribution in [2.75, 3.05) is 6.61 Å². The fraction of sp³-hybridized carbons (Fsp3) is 0.471. The molecule has 0 unspecified atom stereocenters. The first kappa shape index (κ1) is 12.0. The van der Waals surface area contributed by atoms with Gasteiger partial charge in [-0.2, -0.15) is 0 Å². The Morgan fingerprint density at radius 2 is 2.05 bits per heavy atom. The van der Waals surface area contributed by atoms with Crippen molar-refractivity contribution < 1.29 is 4.74 Å². The van der Waals surface area contributed by atoms with E-state index in [1.165, 1.54) is 0 Å². The molecular formula is C17H19NO2. The van der Waals surface area contributed by atoms with E-state index in [-0.39, 0.29) is 11.1 Å². The van der Waals surface area contributed by atoms with Crippen molar-refractivity contribution in [3.63, 3.8) is 0 Å². The summed E-state index contributed by atoms with van der Waals surface area (Å²) in [6.45, 7) is 4.63. The highest BCUT2D eigenvalue weighted by Crippen LogP contribution is 2.62. The predicted molar refractivity (Wildman–Crippen MR) is 79.4 cm³/mol. The normalized spacial score (nSPS) is 27.0. The number of rotatable bonds is 3. The SMILES string of the molecule is CCOc1cn(C23CC(C2)C3)c(=O)c2cc(C)ccc12. The molecule has 0 atom stereocenters. The minimum atomic E-state index is 0.103. The van der Waals surface area contributed by atoms with Crippen molar-refractivity contribution in [3.8, 4) is 5.75 Å². The highest BCUT2D eigenvalue weighted by atomic mass is 16.5. The molecule has 20 heavy (non-hydrogen) atoms. The Morgan fingerprint density at radius 1 is 1.30 bits per heavy atom. The van der Waals surface area contributed by atoms with Gasteiger partial charge in [0, 0.05) is 10.9 Å². The zero-order valence-corrected chi connectivity index (χ0v) is 12.0. The predicted octanol–water partition coefficient (Wildman–Crippen LogP) is 3.22. The van der Waals surface area contributed by atoms with Crippen LogP contribution in [0.15, 0.2) is 29.2 Å². The molecule has 104 valence electrons. The molecule has 3 saturated carbocycles. The van der Waals surface area contributed by atoms with Gasteiger partial charge in [0.15, 0.2) is 0 Å². The van der Waals surface area contributed by atoms with Gasteiger partial charge in [-0.3, -0.25) is 4.79 Å². The summed E-state index contributed by atoms with van der Waals surface area (Å²) in [4.78, 5) is 12.8. The van der Waals surface area contributed by atoms with Crippen molar-refractivity contribution in [1.29, 1.82) is 0 Å². The minimum Gasteiger partial charge on any atom is -0.492 e. The lowest BCUT2D eigenvalue weighted by Gasteiger charge is -2.62. The zero-order chi connectivity index (χ0) is 13.9. The molecule has 3 fully saturated rings. The monoisotopic (exact) mass is 269 g/mol. The average Bonchev–Trinajstić information content (AvgIpc) is 2.31. The highest BCUT2D eigenvalue weighted by molar-refractivity contribution is 5.88. The van der Waals surface area contributed by atoms with Crippen LogP contribution >= 0.6 is 0 Å². The molecule has 1 aromatic carbocycles. The third kappa shape index (κ3) is 1.43. The smallest absolute Gasteiger partial charge is 0.259 e. The van der Waals surface area contributed by atoms with Crippen molar-refractivity contribution in [2.24, 2.45) is 5.92 Å². The van der Waals surface area contributed by atoms with Crippen molar-refractivity contribution in [2.45, 2.75) is 38.6 Å². The summed E-state index contributed by atoms with van der Waals surface area (Å²) >= 11 is 0. The largest absolute Gasteiger partial charge is 0.492 e. The maximum atomic E-state index is 12.8. The molecule has 3 nitrogen and oxygen atoms in total. The zero-order valence-electron chi connectivity index (χ0n) is 12.0. The highest BCUT2D eigenvalue weighted by Gasteiger charge is 2.58. The number of aromatic nitrogens is 1. The van der Waals surface area contributed by atoms with Crippen LogP contribution in [0.2, 0.25) is 0 Å². The van der Waals surface area contributed by atoms with E-state index in [2.05, 4.69) is 0 Å². The van der Waals surface area contributed by atoms with Gasteiger partial charge in [0.1, 0.15) is 5.75 Å².